The lowest BCUT2D eigenvalue weighted by Crippen LogP contribution is -2.60. The average Bonchev–Trinajstić information content (AvgIpc) is 3.44. The predicted octanol–water partition coefficient (Wildman–Crippen LogP) is 5.41. The largest absolute Gasteiger partial charge is 0.368 e. The van der Waals surface area contributed by atoms with Gasteiger partial charge in [0.2, 0.25) is 5.91 Å². The van der Waals surface area contributed by atoms with E-state index in [2.05, 4.69) is 89.4 Å². The highest BCUT2D eigenvalue weighted by Crippen LogP contribution is 2.35. The Kier molecular flexibility index (Phi) is 8.13. The lowest BCUT2D eigenvalue weighted by Gasteiger charge is -2.50. The minimum atomic E-state index is -0.162. The van der Waals surface area contributed by atoms with Crippen molar-refractivity contribution < 1.29 is 4.79 Å². The zero-order valence-corrected chi connectivity index (χ0v) is 23.3. The number of carbonyl (C=O) groups excluding carboxylic acids is 1. The third kappa shape index (κ3) is 6.07. The van der Waals surface area contributed by atoms with E-state index in [4.69, 9.17) is 0 Å². The van der Waals surface area contributed by atoms with Crippen molar-refractivity contribution in [1.29, 1.82) is 0 Å². The molecule has 1 aliphatic heterocycles. The van der Waals surface area contributed by atoms with Crippen LogP contribution in [0.2, 0.25) is 0 Å². The van der Waals surface area contributed by atoms with Crippen molar-refractivity contribution in [3.05, 3.63) is 108 Å². The first-order valence-electron chi connectivity index (χ1n) is 13.9. The molecule has 1 N–H and O–H groups in total. The molecule has 202 valence electrons. The Labute approximate surface area is 232 Å². The normalized spacial score (nSPS) is 17.8. The van der Waals surface area contributed by atoms with Gasteiger partial charge in [-0.3, -0.25) is 9.69 Å². The van der Waals surface area contributed by atoms with E-state index in [0.29, 0.717) is 19.5 Å². The summed E-state index contributed by atoms with van der Waals surface area (Å²) in [4.78, 5) is 22.3. The minimum Gasteiger partial charge on any atom is -0.368 e. The average molecular weight is 522 g/mol. The summed E-state index contributed by atoms with van der Waals surface area (Å²) in [5.74, 6) is 0.0698. The van der Waals surface area contributed by atoms with Crippen LogP contribution in [-0.2, 0) is 16.9 Å². The van der Waals surface area contributed by atoms with Crippen LogP contribution in [0.4, 0.5) is 5.69 Å². The zero-order chi connectivity index (χ0) is 27.2. The second-order valence-corrected chi connectivity index (χ2v) is 10.7. The number of aryl methyl sites for hydroxylation is 2. The summed E-state index contributed by atoms with van der Waals surface area (Å²) in [6.07, 6.45) is 4.24. The molecule has 0 bridgehead atoms. The van der Waals surface area contributed by atoms with Crippen LogP contribution in [0.3, 0.4) is 0 Å². The molecular weight excluding hydrogens is 482 g/mol. The number of rotatable bonds is 9. The number of nitrogens with one attached hydrogen (secondary N) is 1. The molecule has 0 saturated carbocycles. The van der Waals surface area contributed by atoms with Crippen LogP contribution in [0.5, 0.6) is 0 Å². The third-order valence-corrected chi connectivity index (χ3v) is 8.15. The van der Waals surface area contributed by atoms with Crippen molar-refractivity contribution in [2.24, 2.45) is 0 Å². The van der Waals surface area contributed by atoms with Gasteiger partial charge in [0.05, 0.1) is 17.6 Å². The van der Waals surface area contributed by atoms with Crippen LogP contribution < -0.4 is 10.2 Å². The number of piperazine rings is 1. The number of imidazole rings is 1. The molecule has 6 nitrogen and oxygen atoms in total. The summed E-state index contributed by atoms with van der Waals surface area (Å²) in [5.41, 5.74) is 7.15. The first-order chi connectivity index (χ1) is 18.9. The van der Waals surface area contributed by atoms with Gasteiger partial charge in [-0.25, -0.2) is 4.98 Å². The lowest BCUT2D eigenvalue weighted by molar-refractivity contribution is -0.121. The molecule has 2 heterocycles. The van der Waals surface area contributed by atoms with Crippen molar-refractivity contribution in [1.82, 2.24) is 19.8 Å². The first-order valence-corrected chi connectivity index (χ1v) is 13.9. The number of benzene rings is 3. The lowest BCUT2D eigenvalue weighted by atomic mass is 9.86. The summed E-state index contributed by atoms with van der Waals surface area (Å²) in [7, 11) is 0. The van der Waals surface area contributed by atoms with Crippen molar-refractivity contribution in [3.63, 3.8) is 0 Å². The topological polar surface area (TPSA) is 53.4 Å². The molecule has 1 amide bonds. The summed E-state index contributed by atoms with van der Waals surface area (Å²) in [6, 6.07) is 27.5. The Balaban J connectivity index is 1.19. The summed E-state index contributed by atoms with van der Waals surface area (Å²) in [6.45, 7) is 11.6. The first kappa shape index (κ1) is 26.7. The van der Waals surface area contributed by atoms with Crippen LogP contribution >= 0.6 is 0 Å². The third-order valence-electron chi connectivity index (χ3n) is 8.15. The number of hydrogen-bond donors (Lipinski definition) is 1. The standard InChI is InChI=1S/C33H39N5O/c1-26-11-10-16-31(27(26)2)37-21-22-38(33(3,24-37)29-14-8-5-9-15-29)20-18-34-32(39)17-19-36-23-30(35-25-36)28-12-6-4-7-13-28/h4-16,23,25H,17-22,24H2,1-3H3,(H,34,39). The van der Waals surface area contributed by atoms with E-state index in [9.17, 15) is 4.79 Å². The van der Waals surface area contributed by atoms with Crippen LogP contribution in [0.15, 0.2) is 91.4 Å². The Morgan fingerprint density at radius 2 is 1.67 bits per heavy atom. The van der Waals surface area contributed by atoms with Gasteiger partial charge in [0.15, 0.2) is 0 Å². The number of hydrogen-bond acceptors (Lipinski definition) is 4. The Bertz CT molecular complexity index is 1380. The highest BCUT2D eigenvalue weighted by molar-refractivity contribution is 5.75. The van der Waals surface area contributed by atoms with Crippen molar-refractivity contribution >= 4 is 11.6 Å². The molecule has 1 aliphatic rings. The van der Waals surface area contributed by atoms with E-state index in [1.165, 1.54) is 22.4 Å². The van der Waals surface area contributed by atoms with Crippen LogP contribution in [-0.4, -0.2) is 53.1 Å². The Morgan fingerprint density at radius 3 is 2.44 bits per heavy atom. The Morgan fingerprint density at radius 1 is 0.923 bits per heavy atom. The van der Waals surface area contributed by atoms with Crippen LogP contribution in [0.25, 0.3) is 11.3 Å². The van der Waals surface area contributed by atoms with E-state index in [0.717, 1.165) is 37.4 Å². The van der Waals surface area contributed by atoms with Gasteiger partial charge in [0.25, 0.3) is 0 Å². The highest BCUT2D eigenvalue weighted by Gasteiger charge is 2.39. The molecule has 0 aliphatic carbocycles. The summed E-state index contributed by atoms with van der Waals surface area (Å²) >= 11 is 0. The molecule has 4 aromatic rings. The predicted molar refractivity (Wildman–Crippen MR) is 159 cm³/mol. The molecule has 1 aromatic heterocycles. The molecule has 1 atom stereocenters. The number of amides is 1. The quantitative estimate of drug-likeness (QED) is 0.320. The molecule has 1 fully saturated rings. The fourth-order valence-electron chi connectivity index (χ4n) is 5.64. The second kappa shape index (κ2) is 11.9. The second-order valence-electron chi connectivity index (χ2n) is 10.7. The van der Waals surface area contributed by atoms with Gasteiger partial charge in [-0.1, -0.05) is 72.8 Å². The van der Waals surface area contributed by atoms with Gasteiger partial charge in [-0.15, -0.1) is 0 Å². The monoisotopic (exact) mass is 521 g/mol. The van der Waals surface area contributed by atoms with E-state index < -0.39 is 0 Å². The number of anilines is 1. The maximum absolute atomic E-state index is 12.7. The molecule has 0 radical (unpaired) electrons. The fraction of sp³-hybridized carbons (Fsp3) is 0.333. The van der Waals surface area contributed by atoms with Crippen molar-refractivity contribution in [3.8, 4) is 11.3 Å². The molecular formula is C33H39N5O. The number of aromatic nitrogens is 2. The SMILES string of the molecule is Cc1cccc(N2CCN(CCNC(=O)CCn3cnc(-c4ccccc4)c3)C(C)(c3ccccc3)C2)c1C. The molecule has 5 rings (SSSR count). The zero-order valence-electron chi connectivity index (χ0n) is 23.3. The number of carbonyl (C=O) groups is 1. The summed E-state index contributed by atoms with van der Waals surface area (Å²) < 4.78 is 1.99. The van der Waals surface area contributed by atoms with E-state index in [1.807, 2.05) is 41.1 Å². The van der Waals surface area contributed by atoms with E-state index in [1.54, 1.807) is 6.33 Å². The van der Waals surface area contributed by atoms with Crippen LogP contribution in [0.1, 0.15) is 30.0 Å². The Hall–Kier alpha value is -3.90. The highest BCUT2D eigenvalue weighted by atomic mass is 16.1. The smallest absolute Gasteiger partial charge is 0.221 e. The van der Waals surface area contributed by atoms with Crippen molar-refractivity contribution in [2.45, 2.75) is 39.3 Å². The van der Waals surface area contributed by atoms with Crippen molar-refractivity contribution in [2.75, 3.05) is 37.6 Å². The van der Waals surface area contributed by atoms with Gasteiger partial charge in [-0.2, -0.15) is 0 Å². The molecule has 39 heavy (non-hydrogen) atoms. The molecule has 6 heteroatoms. The van der Waals surface area contributed by atoms with Gasteiger partial charge in [0.1, 0.15) is 0 Å². The van der Waals surface area contributed by atoms with Gasteiger partial charge >= 0.3 is 0 Å². The maximum atomic E-state index is 12.7. The summed E-state index contributed by atoms with van der Waals surface area (Å²) in [5, 5.41) is 3.16. The van der Waals surface area contributed by atoms with E-state index >= 15 is 0 Å². The van der Waals surface area contributed by atoms with Gasteiger partial charge in [-0.05, 0) is 43.5 Å². The molecule has 1 saturated heterocycles. The van der Waals surface area contributed by atoms with Crippen LogP contribution in [0, 0.1) is 13.8 Å². The van der Waals surface area contributed by atoms with Gasteiger partial charge < -0.3 is 14.8 Å². The van der Waals surface area contributed by atoms with Gasteiger partial charge in [0, 0.05) is 63.1 Å². The molecule has 3 aromatic carbocycles. The minimum absolute atomic E-state index is 0.0698. The number of nitrogens with zero attached hydrogens (tertiary/aromatic N) is 4. The van der Waals surface area contributed by atoms with E-state index in [-0.39, 0.29) is 11.4 Å². The molecule has 0 spiro atoms. The maximum Gasteiger partial charge on any atom is 0.221 e. The fourth-order valence-corrected chi connectivity index (χ4v) is 5.64. The molecule has 1 unspecified atom stereocenters.